The minimum atomic E-state index is -4.27. The van der Waals surface area contributed by atoms with Crippen LogP contribution in [0.2, 0.25) is 0 Å². The van der Waals surface area contributed by atoms with Crippen molar-refractivity contribution in [3.05, 3.63) is 69.8 Å². The first kappa shape index (κ1) is 21.8. The van der Waals surface area contributed by atoms with E-state index in [-0.39, 0.29) is 16.1 Å². The van der Waals surface area contributed by atoms with Crippen LogP contribution in [-0.2, 0) is 21.4 Å². The lowest BCUT2D eigenvalue weighted by Gasteiger charge is -2.26. The number of carbonyl (C=O) groups excluding carboxylic acids is 1. The van der Waals surface area contributed by atoms with E-state index in [0.717, 1.165) is 5.56 Å². The Kier molecular flexibility index (Phi) is 6.54. The highest BCUT2D eigenvalue weighted by atomic mass is 32.2. The maximum Gasteiger partial charge on any atom is 0.332 e. The summed E-state index contributed by atoms with van der Waals surface area (Å²) in [5, 5.41) is 20.5. The molecule has 0 fully saturated rings. The van der Waals surface area contributed by atoms with Gasteiger partial charge in [0.2, 0.25) is 0 Å². The highest BCUT2D eigenvalue weighted by Crippen LogP contribution is 2.21. The number of nitro benzene ring substituents is 1. The highest BCUT2D eigenvalue weighted by Gasteiger charge is 2.30. The van der Waals surface area contributed by atoms with Crippen LogP contribution in [0.1, 0.15) is 18.1 Å². The number of nitrogens with one attached hydrogen (secondary N) is 1. The van der Waals surface area contributed by atoms with Gasteiger partial charge in [-0.1, -0.05) is 35.9 Å². The van der Waals surface area contributed by atoms with Crippen molar-refractivity contribution >= 4 is 27.7 Å². The van der Waals surface area contributed by atoms with Crippen LogP contribution in [0.3, 0.4) is 0 Å². The minimum Gasteiger partial charge on any atom is -0.480 e. The summed E-state index contributed by atoms with van der Waals surface area (Å²) in [4.78, 5) is 35.1. The highest BCUT2D eigenvalue weighted by molar-refractivity contribution is 7.90. The SMILES string of the molecule is Cc1ccc(S(=O)(=O)NC(=O)N(Cc2ccccc2[N+](=O)[O-])C(C)C(=O)O)cc1. The molecule has 11 heteroatoms. The van der Waals surface area contributed by atoms with E-state index < -0.39 is 39.5 Å². The first-order valence-corrected chi connectivity index (χ1v) is 9.86. The number of sulfonamides is 1. The molecule has 10 nitrogen and oxygen atoms in total. The molecular weight excluding hydrogens is 402 g/mol. The summed E-state index contributed by atoms with van der Waals surface area (Å²) in [7, 11) is -4.27. The second kappa shape index (κ2) is 8.69. The molecular formula is C18H19N3O7S. The number of amides is 2. The fraction of sp³-hybridized carbons (Fsp3) is 0.222. The lowest BCUT2D eigenvalue weighted by atomic mass is 10.1. The lowest BCUT2D eigenvalue weighted by molar-refractivity contribution is -0.385. The molecule has 0 aromatic heterocycles. The Balaban J connectivity index is 2.35. The number of hydrogen-bond donors (Lipinski definition) is 2. The second-order valence-electron chi connectivity index (χ2n) is 6.25. The maximum atomic E-state index is 12.6. The van der Waals surface area contributed by atoms with E-state index in [2.05, 4.69) is 0 Å². The van der Waals surface area contributed by atoms with Gasteiger partial charge < -0.3 is 10.0 Å². The van der Waals surface area contributed by atoms with Crippen LogP contribution in [0.15, 0.2) is 53.4 Å². The molecule has 1 atom stereocenters. The average Bonchev–Trinajstić information content (AvgIpc) is 2.65. The van der Waals surface area contributed by atoms with E-state index in [4.69, 9.17) is 0 Å². The van der Waals surface area contributed by atoms with Crippen molar-refractivity contribution in [3.8, 4) is 0 Å². The van der Waals surface area contributed by atoms with Gasteiger partial charge in [-0.3, -0.25) is 10.1 Å². The molecule has 0 spiro atoms. The third kappa shape index (κ3) is 5.29. The molecule has 0 aliphatic heterocycles. The van der Waals surface area contributed by atoms with E-state index >= 15 is 0 Å². The first-order valence-electron chi connectivity index (χ1n) is 8.38. The molecule has 2 N–H and O–H groups in total. The normalized spacial score (nSPS) is 12.1. The van der Waals surface area contributed by atoms with Gasteiger partial charge in [-0.25, -0.2) is 22.7 Å². The van der Waals surface area contributed by atoms with Gasteiger partial charge in [0, 0.05) is 11.6 Å². The van der Waals surface area contributed by atoms with Gasteiger partial charge in [-0.15, -0.1) is 0 Å². The molecule has 1 unspecified atom stereocenters. The number of nitrogens with zero attached hydrogens (tertiary/aromatic N) is 2. The zero-order chi connectivity index (χ0) is 21.8. The number of benzene rings is 2. The van der Waals surface area contributed by atoms with Gasteiger partial charge in [0.05, 0.1) is 16.4 Å². The molecule has 0 bridgehead atoms. The smallest absolute Gasteiger partial charge is 0.332 e. The van der Waals surface area contributed by atoms with E-state index in [0.29, 0.717) is 4.90 Å². The van der Waals surface area contributed by atoms with Crippen LogP contribution in [-0.4, -0.2) is 41.4 Å². The Hall–Kier alpha value is -3.47. The number of hydrogen-bond acceptors (Lipinski definition) is 6. The van der Waals surface area contributed by atoms with Crippen LogP contribution in [0.25, 0.3) is 0 Å². The third-order valence-corrected chi connectivity index (χ3v) is 5.50. The Morgan fingerprint density at radius 1 is 1.17 bits per heavy atom. The standard InChI is InChI=1S/C18H19N3O7S/c1-12-7-9-15(10-8-12)29(27,28)19-18(24)20(13(2)17(22)23)11-14-5-3-4-6-16(14)21(25)26/h3-10,13H,11H2,1-2H3,(H,19,24)(H,22,23). The predicted molar refractivity (Wildman–Crippen MR) is 103 cm³/mol. The zero-order valence-corrected chi connectivity index (χ0v) is 16.4. The fourth-order valence-electron chi connectivity index (χ4n) is 2.47. The van der Waals surface area contributed by atoms with Crippen LogP contribution in [0, 0.1) is 17.0 Å². The van der Waals surface area contributed by atoms with Crippen molar-refractivity contribution in [3.63, 3.8) is 0 Å². The van der Waals surface area contributed by atoms with E-state index in [1.54, 1.807) is 19.1 Å². The van der Waals surface area contributed by atoms with Crippen LogP contribution in [0.5, 0.6) is 0 Å². The molecule has 0 radical (unpaired) electrons. The monoisotopic (exact) mass is 421 g/mol. The predicted octanol–water partition coefficient (Wildman–Crippen LogP) is 2.28. The quantitative estimate of drug-likeness (QED) is 0.515. The molecule has 2 amide bonds. The second-order valence-corrected chi connectivity index (χ2v) is 7.93. The lowest BCUT2D eigenvalue weighted by Crippen LogP contribution is -2.49. The number of aliphatic carboxylic acids is 1. The summed E-state index contributed by atoms with van der Waals surface area (Å²) in [6.45, 7) is 2.47. The number of nitro groups is 1. The summed E-state index contributed by atoms with van der Waals surface area (Å²) < 4.78 is 26.8. The Bertz CT molecular complexity index is 1040. The molecule has 0 heterocycles. The zero-order valence-electron chi connectivity index (χ0n) is 15.6. The van der Waals surface area contributed by atoms with E-state index in [9.17, 15) is 33.2 Å². The molecule has 0 aliphatic carbocycles. The number of para-hydroxylation sites is 1. The van der Waals surface area contributed by atoms with Crippen molar-refractivity contribution in [1.29, 1.82) is 0 Å². The van der Waals surface area contributed by atoms with Crippen molar-refractivity contribution in [2.24, 2.45) is 0 Å². The number of carbonyl (C=O) groups is 2. The third-order valence-electron chi connectivity index (χ3n) is 4.17. The molecule has 2 aromatic rings. The number of rotatable bonds is 7. The van der Waals surface area contributed by atoms with Crippen molar-refractivity contribution < 1.29 is 28.0 Å². The number of aryl methyl sites for hydroxylation is 1. The topological polar surface area (TPSA) is 147 Å². The van der Waals surface area contributed by atoms with Gasteiger partial charge in [0.1, 0.15) is 6.04 Å². The van der Waals surface area contributed by atoms with Crippen molar-refractivity contribution in [1.82, 2.24) is 9.62 Å². The average molecular weight is 421 g/mol. The van der Waals surface area contributed by atoms with Gasteiger partial charge in [0.25, 0.3) is 15.7 Å². The minimum absolute atomic E-state index is 0.0634. The van der Waals surface area contributed by atoms with Crippen molar-refractivity contribution in [2.75, 3.05) is 0 Å². The first-order chi connectivity index (χ1) is 13.5. The van der Waals surface area contributed by atoms with E-state index in [1.807, 2.05) is 4.72 Å². The summed E-state index contributed by atoms with van der Waals surface area (Å²) in [5.74, 6) is -1.40. The van der Waals surface area contributed by atoms with Gasteiger partial charge in [-0.05, 0) is 26.0 Å². The van der Waals surface area contributed by atoms with Gasteiger partial charge in [-0.2, -0.15) is 0 Å². The van der Waals surface area contributed by atoms with Crippen LogP contribution < -0.4 is 4.72 Å². The maximum absolute atomic E-state index is 12.6. The molecule has 154 valence electrons. The van der Waals surface area contributed by atoms with Gasteiger partial charge in [0.15, 0.2) is 0 Å². The molecule has 2 aromatic carbocycles. The summed E-state index contributed by atoms with van der Waals surface area (Å²) >= 11 is 0. The van der Waals surface area contributed by atoms with Crippen LogP contribution in [0.4, 0.5) is 10.5 Å². The number of carboxylic acids is 1. The Morgan fingerprint density at radius 3 is 2.31 bits per heavy atom. The largest absolute Gasteiger partial charge is 0.480 e. The molecule has 29 heavy (non-hydrogen) atoms. The number of urea groups is 1. The summed E-state index contributed by atoms with van der Waals surface area (Å²) in [6, 6.07) is 8.54. The van der Waals surface area contributed by atoms with Crippen molar-refractivity contribution in [2.45, 2.75) is 31.3 Å². The summed E-state index contributed by atoms with van der Waals surface area (Å²) in [5.41, 5.74) is 0.561. The van der Waals surface area contributed by atoms with E-state index in [1.165, 1.54) is 43.3 Å². The molecule has 2 rings (SSSR count). The van der Waals surface area contributed by atoms with Gasteiger partial charge >= 0.3 is 12.0 Å². The molecule has 0 saturated carbocycles. The Morgan fingerprint density at radius 2 is 1.76 bits per heavy atom. The number of carboxylic acid groups (broad SMARTS) is 1. The Labute approximate surface area is 167 Å². The van der Waals surface area contributed by atoms with Crippen LogP contribution >= 0.6 is 0 Å². The summed E-state index contributed by atoms with van der Waals surface area (Å²) in [6.07, 6.45) is 0. The fourth-order valence-corrected chi connectivity index (χ4v) is 3.43. The molecule has 0 aliphatic rings. The molecule has 0 saturated heterocycles.